The van der Waals surface area contributed by atoms with Crippen molar-refractivity contribution in [1.29, 1.82) is 0 Å². The SMILES string of the molecule is CC(C)[C@H](C[NH2+]C[C@@]1(O)[C@H](OC2CCC3C(C2)[OH+]C(C(N)=O)C(C2CCC(O)CC2)C3O)O[C@H](C(=O)[O-])[C@@H](O)[C@@H]1O)CC1=C[CH+]N=C1. The number of amides is 1. The molecule has 6 unspecified atom stereocenters. The minimum Gasteiger partial charge on any atom is -0.547 e. The molecule has 0 radical (unpaired) electrons. The van der Waals surface area contributed by atoms with Crippen LogP contribution in [0.3, 0.4) is 0 Å². The van der Waals surface area contributed by atoms with Crippen LogP contribution in [0.25, 0.3) is 0 Å². The summed E-state index contributed by atoms with van der Waals surface area (Å²) >= 11 is 0. The molecule has 10 N–H and O–H groups in total. The zero-order valence-electron chi connectivity index (χ0n) is 27.2. The number of carboxylic acids is 1. The number of hydrogen-bond donors (Lipinski definition) is 7. The maximum atomic E-state index is 12.6. The monoisotopic (exact) mass is 667 g/mol. The summed E-state index contributed by atoms with van der Waals surface area (Å²) in [5.41, 5.74) is 4.70. The summed E-state index contributed by atoms with van der Waals surface area (Å²) in [6.45, 7) is 6.33. The Morgan fingerprint density at radius 2 is 1.89 bits per heavy atom. The molecule has 264 valence electrons. The summed E-state index contributed by atoms with van der Waals surface area (Å²) in [5.74, 6) is -2.56. The number of primary amides is 1. The van der Waals surface area contributed by atoms with E-state index in [0.717, 1.165) is 12.0 Å². The van der Waals surface area contributed by atoms with Gasteiger partial charge < -0.3 is 60.7 Å². The van der Waals surface area contributed by atoms with E-state index in [1.165, 1.54) is 0 Å². The number of carbonyl (C=O) groups is 2. The Morgan fingerprint density at radius 1 is 1.17 bits per heavy atom. The first-order valence-corrected chi connectivity index (χ1v) is 17.1. The van der Waals surface area contributed by atoms with Gasteiger partial charge in [0, 0.05) is 18.8 Å². The lowest BCUT2D eigenvalue weighted by Gasteiger charge is -2.50. The number of aliphatic carboxylic acids is 1. The molecule has 0 bridgehead atoms. The van der Waals surface area contributed by atoms with Gasteiger partial charge in [-0.15, -0.1) is 4.99 Å². The number of rotatable bonds is 12. The number of hydrogen-bond acceptors (Lipinski definition) is 11. The van der Waals surface area contributed by atoms with Crippen LogP contribution in [-0.2, 0) is 19.1 Å². The summed E-state index contributed by atoms with van der Waals surface area (Å²) in [6, 6.07) is 0. The number of quaternary nitrogens is 1. The maximum absolute atomic E-state index is 12.6. The minimum absolute atomic E-state index is 0.0117. The van der Waals surface area contributed by atoms with Crippen molar-refractivity contribution < 1.29 is 59.8 Å². The van der Waals surface area contributed by atoms with E-state index in [1.807, 2.05) is 11.4 Å². The van der Waals surface area contributed by atoms with Crippen molar-refractivity contribution in [3.05, 3.63) is 18.2 Å². The Morgan fingerprint density at radius 3 is 2.51 bits per heavy atom. The molecule has 2 saturated carbocycles. The summed E-state index contributed by atoms with van der Waals surface area (Å²) in [6.07, 6.45) is -2.44. The van der Waals surface area contributed by atoms with E-state index in [2.05, 4.69) is 18.8 Å². The molecule has 3 aliphatic heterocycles. The summed E-state index contributed by atoms with van der Waals surface area (Å²) < 4.78 is 16.6. The van der Waals surface area contributed by atoms with E-state index in [0.29, 0.717) is 51.0 Å². The number of carboxylic acid groups (broad SMARTS) is 1. The average Bonchev–Trinajstić information content (AvgIpc) is 3.54. The fraction of sp³-hybridized carbons (Fsp3) is 0.818. The molecule has 14 heteroatoms. The van der Waals surface area contributed by atoms with Gasteiger partial charge in [0.1, 0.15) is 37.0 Å². The first kappa shape index (κ1) is 36.1. The van der Waals surface area contributed by atoms with Gasteiger partial charge in [-0.1, -0.05) is 13.8 Å². The van der Waals surface area contributed by atoms with Crippen LogP contribution in [0.5, 0.6) is 0 Å². The predicted molar refractivity (Wildman–Crippen MR) is 165 cm³/mol. The van der Waals surface area contributed by atoms with Crippen molar-refractivity contribution in [3.8, 4) is 0 Å². The first-order chi connectivity index (χ1) is 22.3. The van der Waals surface area contributed by atoms with Crippen molar-refractivity contribution in [2.45, 2.75) is 126 Å². The highest BCUT2D eigenvalue weighted by Gasteiger charge is 2.60. The molecule has 5 aliphatic rings. The third kappa shape index (κ3) is 7.86. The lowest BCUT2D eigenvalue weighted by molar-refractivity contribution is -0.680. The van der Waals surface area contributed by atoms with Crippen molar-refractivity contribution in [3.63, 3.8) is 0 Å². The van der Waals surface area contributed by atoms with Gasteiger partial charge in [-0.3, -0.25) is 4.79 Å². The number of nitrogens with zero attached hydrogens (tertiary/aromatic N) is 1. The Balaban J connectivity index is 1.27. The fourth-order valence-corrected chi connectivity index (χ4v) is 8.42. The van der Waals surface area contributed by atoms with Gasteiger partial charge in [0.15, 0.2) is 24.2 Å². The van der Waals surface area contributed by atoms with E-state index >= 15 is 0 Å². The van der Waals surface area contributed by atoms with Gasteiger partial charge >= 0.3 is 0 Å². The minimum atomic E-state index is -2.18. The average molecular weight is 668 g/mol. The summed E-state index contributed by atoms with van der Waals surface area (Å²) in [4.78, 5) is 28.5. The van der Waals surface area contributed by atoms with Crippen LogP contribution in [0.15, 0.2) is 16.6 Å². The zero-order chi connectivity index (χ0) is 34.0. The number of allylic oxidation sites excluding steroid dienone is 1. The van der Waals surface area contributed by atoms with Gasteiger partial charge in [0.25, 0.3) is 5.91 Å². The molecule has 0 aromatic heterocycles. The lowest BCUT2D eigenvalue weighted by atomic mass is 9.66. The number of carbonyl (C=O) groups excluding carboxylic acids is 2. The number of fused-ring (bicyclic) bond motifs is 1. The van der Waals surface area contributed by atoms with E-state index in [9.17, 15) is 40.2 Å². The van der Waals surface area contributed by atoms with Crippen LogP contribution < -0.4 is 16.2 Å². The third-order valence-electron chi connectivity index (χ3n) is 11.3. The molecule has 14 nitrogen and oxygen atoms in total. The topological polar surface area (TPSA) is 245 Å². The normalized spacial score (nSPS) is 42.8. The van der Waals surface area contributed by atoms with Crippen LogP contribution in [0.1, 0.15) is 65.2 Å². The molecule has 2 saturated heterocycles. The number of nitrogens with two attached hydrogens (primary N) is 2. The summed E-state index contributed by atoms with van der Waals surface area (Å²) in [7, 11) is 0. The van der Waals surface area contributed by atoms with Crippen molar-refractivity contribution in [2.24, 2.45) is 40.3 Å². The third-order valence-corrected chi connectivity index (χ3v) is 11.3. The second-order valence-corrected chi connectivity index (χ2v) is 14.7. The highest BCUT2D eigenvalue weighted by Crippen LogP contribution is 2.45. The van der Waals surface area contributed by atoms with Gasteiger partial charge in [-0.05, 0) is 50.4 Å². The standard InChI is InChI=1S/C33H51N3O11/c1-16(2)19(11-17-9-10-35-13-17)14-36-15-33(44)29(40)26(39)28(31(42)43)47-32(33)45-21-7-8-22-23(12-21)46-27(30(34)41)24(25(22)38)18-3-5-20(37)6-4-18/h9-10,13,16,18-29,32,36-40,44H,3-8,11-12,14-15H2,1-2H3,(H2-,34,41,42,43)/p+2/t18?,19-,20?,21?,22?,23?,24?,25?,26+,27?,28-,29-,32+,33-/m0/s1. The van der Waals surface area contributed by atoms with Crippen LogP contribution in [0.2, 0.25) is 0 Å². The fourth-order valence-electron chi connectivity index (χ4n) is 8.42. The molecule has 4 fully saturated rings. The quantitative estimate of drug-likeness (QED) is 0.0811. The van der Waals surface area contributed by atoms with Gasteiger partial charge in [0.2, 0.25) is 6.10 Å². The molecule has 12 atom stereocenters. The molecule has 1 amide bonds. The summed E-state index contributed by atoms with van der Waals surface area (Å²) in [5, 5.41) is 68.7. The van der Waals surface area contributed by atoms with Crippen LogP contribution in [0, 0.1) is 36.1 Å². The molecule has 2 aliphatic carbocycles. The van der Waals surface area contributed by atoms with Crippen molar-refractivity contribution in [1.82, 2.24) is 0 Å². The molecule has 3 heterocycles. The van der Waals surface area contributed by atoms with Crippen molar-refractivity contribution in [2.75, 3.05) is 13.1 Å². The van der Waals surface area contributed by atoms with Crippen LogP contribution in [-0.4, -0.2) is 122 Å². The molecular weight excluding hydrogens is 614 g/mol. The van der Waals surface area contributed by atoms with Gasteiger partial charge in [-0.2, -0.15) is 0 Å². The highest BCUT2D eigenvalue weighted by molar-refractivity contribution is 5.82. The van der Waals surface area contributed by atoms with Gasteiger partial charge in [0.05, 0.1) is 48.7 Å². The zero-order valence-corrected chi connectivity index (χ0v) is 27.2. The smallest absolute Gasteiger partial charge is 0.297 e. The second kappa shape index (κ2) is 15.2. The van der Waals surface area contributed by atoms with E-state index < -0.39 is 72.4 Å². The number of aliphatic hydroxyl groups excluding tert-OH is 4. The largest absolute Gasteiger partial charge is 0.547 e. The Hall–Kier alpha value is -2.14. The highest BCUT2D eigenvalue weighted by atomic mass is 16.7. The molecular formula is C33H53N3O11+2. The molecule has 5 rings (SSSR count). The Kier molecular flexibility index (Phi) is 11.7. The number of aliphatic imine (C=N–C) groups is 1. The van der Waals surface area contributed by atoms with Crippen molar-refractivity contribution >= 4 is 18.1 Å². The molecule has 47 heavy (non-hydrogen) atoms. The van der Waals surface area contributed by atoms with Crippen LogP contribution >= 0.6 is 0 Å². The van der Waals surface area contributed by atoms with E-state index in [4.69, 9.17) is 19.9 Å². The van der Waals surface area contributed by atoms with E-state index in [1.54, 1.807) is 12.8 Å². The number of ether oxygens (including phenoxy) is 3. The van der Waals surface area contributed by atoms with Crippen LogP contribution in [0.4, 0.5) is 0 Å². The predicted octanol–water partition coefficient (Wildman–Crippen LogP) is -3.21. The Labute approximate surface area is 275 Å². The Bertz CT molecular complexity index is 1160. The second-order valence-electron chi connectivity index (χ2n) is 14.7. The number of aliphatic hydroxyl groups is 7. The maximum Gasteiger partial charge on any atom is 0.297 e. The lowest BCUT2D eigenvalue weighted by Crippen LogP contribution is -2.93. The molecule has 0 spiro atoms. The van der Waals surface area contributed by atoms with E-state index in [-0.39, 0.29) is 36.8 Å². The van der Waals surface area contributed by atoms with Gasteiger partial charge in [-0.25, -0.2) is 0 Å². The molecule has 0 aromatic rings. The molecule has 0 aromatic carbocycles. The first-order valence-electron chi connectivity index (χ1n) is 17.1.